The van der Waals surface area contributed by atoms with Gasteiger partial charge in [0.2, 0.25) is 0 Å². The fourth-order valence-electron chi connectivity index (χ4n) is 5.09. The van der Waals surface area contributed by atoms with Crippen molar-refractivity contribution in [2.75, 3.05) is 0 Å². The first-order valence-corrected chi connectivity index (χ1v) is 13.3. The van der Waals surface area contributed by atoms with Crippen molar-refractivity contribution in [1.82, 2.24) is 0 Å². The third kappa shape index (κ3) is 7.66. The van der Waals surface area contributed by atoms with E-state index in [9.17, 15) is 29.7 Å². The number of hydrogen-bond donors (Lipinski definition) is 3. The Morgan fingerprint density at radius 2 is 1.10 bits per heavy atom. The zero-order valence-electron chi connectivity index (χ0n) is 22.8. The number of rotatable bonds is 13. The molecule has 0 unspecified atom stereocenters. The smallest absolute Gasteiger partial charge is 0.307 e. The summed E-state index contributed by atoms with van der Waals surface area (Å²) < 4.78 is 0. The average molecular weight is 529 g/mol. The normalized spacial score (nSPS) is 11.4. The van der Waals surface area contributed by atoms with Crippen molar-refractivity contribution in [2.45, 2.75) is 65.7 Å². The van der Waals surface area contributed by atoms with Crippen LogP contribution in [0.2, 0.25) is 0 Å². The van der Waals surface area contributed by atoms with Crippen molar-refractivity contribution in [3.8, 4) is 5.75 Å². The second-order valence-electron chi connectivity index (χ2n) is 9.75. The van der Waals surface area contributed by atoms with Crippen LogP contribution in [0.5, 0.6) is 5.75 Å². The van der Waals surface area contributed by atoms with Gasteiger partial charge in [-0.1, -0.05) is 74.5 Å². The molecular weight excluding hydrogens is 492 g/mol. The van der Waals surface area contributed by atoms with Crippen LogP contribution in [0.4, 0.5) is 0 Å². The van der Waals surface area contributed by atoms with Crippen molar-refractivity contribution in [3.63, 3.8) is 0 Å². The molecule has 0 aliphatic carbocycles. The Hall–Kier alpha value is -4.19. The second kappa shape index (κ2) is 13.6. The number of hydrogen-bond acceptors (Lipinski definition) is 4. The molecule has 0 aromatic heterocycles. The zero-order chi connectivity index (χ0) is 28.5. The third-order valence-corrected chi connectivity index (χ3v) is 7.03. The summed E-state index contributed by atoms with van der Waals surface area (Å²) in [6, 6.07) is 16.8. The molecule has 39 heavy (non-hydrogen) atoms. The first kappa shape index (κ1) is 29.4. The number of ketones is 1. The van der Waals surface area contributed by atoms with Gasteiger partial charge in [-0.2, -0.15) is 0 Å². The van der Waals surface area contributed by atoms with E-state index < -0.39 is 11.9 Å². The summed E-state index contributed by atoms with van der Waals surface area (Å²) in [6.45, 7) is 5.46. The van der Waals surface area contributed by atoms with Gasteiger partial charge in [0.15, 0.2) is 5.78 Å². The first-order chi connectivity index (χ1) is 18.6. The van der Waals surface area contributed by atoms with Gasteiger partial charge in [0.1, 0.15) is 5.75 Å². The van der Waals surface area contributed by atoms with Crippen LogP contribution in [-0.4, -0.2) is 33.0 Å². The highest BCUT2D eigenvalue weighted by Crippen LogP contribution is 2.31. The van der Waals surface area contributed by atoms with E-state index in [1.54, 1.807) is 0 Å². The minimum absolute atomic E-state index is 0.0386. The molecule has 0 saturated heterocycles. The lowest BCUT2D eigenvalue weighted by atomic mass is 9.88. The summed E-state index contributed by atoms with van der Waals surface area (Å²) in [5.41, 5.74) is 6.80. The number of Topliss-reactive ketones (excluding diaryl/α,β-unsaturated/α-hetero) is 1. The number of aryl methyl sites for hydroxylation is 1. The minimum Gasteiger partial charge on any atom is -0.507 e. The molecule has 6 nitrogen and oxygen atoms in total. The molecule has 0 heterocycles. The van der Waals surface area contributed by atoms with Gasteiger partial charge in [0.05, 0.1) is 12.8 Å². The molecule has 6 heteroatoms. The maximum atomic E-state index is 12.2. The summed E-state index contributed by atoms with van der Waals surface area (Å²) >= 11 is 0. The molecule has 3 rings (SSSR count). The molecule has 204 valence electrons. The molecule has 0 spiro atoms. The molecule has 3 N–H and O–H groups in total. The van der Waals surface area contributed by atoms with Gasteiger partial charge < -0.3 is 15.3 Å². The van der Waals surface area contributed by atoms with Crippen LogP contribution in [-0.2, 0) is 52.9 Å². The monoisotopic (exact) mass is 528 g/mol. The Morgan fingerprint density at radius 3 is 1.54 bits per heavy atom. The Kier molecular flexibility index (Phi) is 10.2. The van der Waals surface area contributed by atoms with Gasteiger partial charge in [0, 0.05) is 19.3 Å². The number of carboxylic acids is 2. The highest BCUT2D eigenvalue weighted by molar-refractivity contribution is 5.93. The fourth-order valence-corrected chi connectivity index (χ4v) is 5.09. The number of phenols is 1. The van der Waals surface area contributed by atoms with E-state index >= 15 is 0 Å². The van der Waals surface area contributed by atoms with Gasteiger partial charge in [0.25, 0.3) is 0 Å². The van der Waals surface area contributed by atoms with Crippen LogP contribution in [0, 0.1) is 0 Å². The van der Waals surface area contributed by atoms with E-state index in [-0.39, 0.29) is 24.4 Å². The van der Waals surface area contributed by atoms with Crippen LogP contribution in [0.15, 0.2) is 66.2 Å². The van der Waals surface area contributed by atoms with Crippen molar-refractivity contribution >= 4 is 17.7 Å². The number of carbonyl (C=O) groups is 3. The topological polar surface area (TPSA) is 112 Å². The Morgan fingerprint density at radius 1 is 0.667 bits per heavy atom. The largest absolute Gasteiger partial charge is 0.507 e. The molecular formula is C33H36O6. The Labute approximate surface area is 229 Å². The highest BCUT2D eigenvalue weighted by Gasteiger charge is 2.18. The number of para-hydroxylation sites is 1. The maximum absolute atomic E-state index is 12.2. The number of allylic oxidation sites excluding steroid dienone is 2. The number of aliphatic carboxylic acids is 2. The molecule has 0 fully saturated rings. The highest BCUT2D eigenvalue weighted by atomic mass is 16.4. The number of phenolic OH excluding ortho intramolecular Hbond substituents is 1. The van der Waals surface area contributed by atoms with Crippen LogP contribution < -0.4 is 0 Å². The van der Waals surface area contributed by atoms with Crippen molar-refractivity contribution < 1.29 is 29.7 Å². The van der Waals surface area contributed by atoms with Crippen molar-refractivity contribution in [1.29, 1.82) is 0 Å². The van der Waals surface area contributed by atoms with E-state index in [4.69, 9.17) is 0 Å². The lowest BCUT2D eigenvalue weighted by Gasteiger charge is -2.17. The van der Waals surface area contributed by atoms with E-state index in [0.717, 1.165) is 27.8 Å². The number of carbonyl (C=O) groups excluding carboxylic acids is 1. The van der Waals surface area contributed by atoms with E-state index in [1.807, 2.05) is 74.5 Å². The molecule has 0 aliphatic rings. The number of benzene rings is 3. The second-order valence-corrected chi connectivity index (χ2v) is 9.75. The predicted octanol–water partition coefficient (Wildman–Crippen LogP) is 5.86. The molecule has 3 aromatic rings. The van der Waals surface area contributed by atoms with Crippen LogP contribution in [0.25, 0.3) is 0 Å². The van der Waals surface area contributed by atoms with Crippen molar-refractivity contribution in [2.24, 2.45) is 0 Å². The van der Waals surface area contributed by atoms with Crippen LogP contribution in [0.3, 0.4) is 0 Å². The molecule has 0 atom stereocenters. The van der Waals surface area contributed by atoms with Gasteiger partial charge in [-0.05, 0) is 69.8 Å². The lowest BCUT2D eigenvalue weighted by Crippen LogP contribution is -2.10. The summed E-state index contributed by atoms with van der Waals surface area (Å²) in [5, 5.41) is 30.4. The minimum atomic E-state index is -0.965. The lowest BCUT2D eigenvalue weighted by molar-refractivity contribution is -0.137. The van der Waals surface area contributed by atoms with E-state index in [0.29, 0.717) is 54.4 Å². The molecule has 0 radical (unpaired) electrons. The standard InChI is InChI=1S/C33H36O6/c1-4-9-23(21(3)34)16-24-12-7-13-26(30(24)20-32(37)38)18-28-15-8-14-27(33(28)39)17-25-11-6-10-22(5-2)29(25)19-31(35)36/h6-15,39H,4-5,16-20H2,1-3H3,(H,35,36)(H,37,38). The van der Waals surface area contributed by atoms with Crippen LogP contribution in [0.1, 0.15) is 71.7 Å². The first-order valence-electron chi connectivity index (χ1n) is 13.3. The van der Waals surface area contributed by atoms with Gasteiger partial charge in [-0.3, -0.25) is 14.4 Å². The van der Waals surface area contributed by atoms with Crippen LogP contribution >= 0.6 is 0 Å². The zero-order valence-corrected chi connectivity index (χ0v) is 22.8. The fraction of sp³-hybridized carbons (Fsp3) is 0.303. The van der Waals surface area contributed by atoms with Crippen molar-refractivity contribution in [3.05, 3.63) is 111 Å². The third-order valence-electron chi connectivity index (χ3n) is 7.03. The summed E-state index contributed by atoms with van der Waals surface area (Å²) in [7, 11) is 0. The van der Waals surface area contributed by atoms with E-state index in [1.165, 1.54) is 6.92 Å². The maximum Gasteiger partial charge on any atom is 0.307 e. The number of carboxylic acid groups (broad SMARTS) is 2. The summed E-state index contributed by atoms with van der Waals surface area (Å²) in [5.74, 6) is -1.79. The van der Waals surface area contributed by atoms with E-state index in [2.05, 4.69) is 0 Å². The predicted molar refractivity (Wildman–Crippen MR) is 151 cm³/mol. The average Bonchev–Trinajstić information content (AvgIpc) is 2.88. The Bertz CT molecular complexity index is 1400. The molecule has 0 bridgehead atoms. The molecule has 0 amide bonds. The summed E-state index contributed by atoms with van der Waals surface area (Å²) in [4.78, 5) is 35.5. The molecule has 0 aliphatic heterocycles. The quantitative estimate of drug-likeness (QED) is 0.240. The number of aromatic hydroxyl groups is 1. The van der Waals surface area contributed by atoms with Gasteiger partial charge in [-0.15, -0.1) is 0 Å². The summed E-state index contributed by atoms with van der Waals surface area (Å²) in [6.07, 6.45) is 4.07. The van der Waals surface area contributed by atoms with Gasteiger partial charge >= 0.3 is 11.9 Å². The molecule has 0 saturated carbocycles. The SMILES string of the molecule is CCC=C(Cc1cccc(Cc2cccc(Cc3cccc(CC)c3CC(=O)O)c2O)c1CC(=O)O)C(C)=O. The molecule has 3 aromatic carbocycles. The Balaban J connectivity index is 2.00. The van der Waals surface area contributed by atoms with Gasteiger partial charge in [-0.25, -0.2) is 0 Å².